The normalized spacial score (nSPS) is 12.1. The van der Waals surface area contributed by atoms with Crippen molar-refractivity contribution in [2.45, 2.75) is 20.4 Å². The Bertz CT molecular complexity index is 622. The highest BCUT2D eigenvalue weighted by molar-refractivity contribution is 7.13. The van der Waals surface area contributed by atoms with E-state index in [1.807, 2.05) is 0 Å². The number of aromatic nitrogens is 3. The molecule has 2 aromatic rings. The van der Waals surface area contributed by atoms with Gasteiger partial charge in [-0.1, -0.05) is 6.92 Å². The first-order valence-electron chi connectivity index (χ1n) is 5.86. The van der Waals surface area contributed by atoms with Gasteiger partial charge < -0.3 is 15.4 Å². The van der Waals surface area contributed by atoms with Crippen LogP contribution in [0, 0.1) is 23.0 Å². The molecular formula is C11H13N5O3S. The van der Waals surface area contributed by atoms with Crippen LogP contribution in [0.2, 0.25) is 0 Å². The number of nitrogens with one attached hydrogen (secondary N) is 1. The average Bonchev–Trinajstić information content (AvgIpc) is 3.00. The van der Waals surface area contributed by atoms with Crippen LogP contribution in [0.5, 0.6) is 0 Å². The van der Waals surface area contributed by atoms with Gasteiger partial charge >= 0.3 is 5.82 Å². The third kappa shape index (κ3) is 3.18. The Morgan fingerprint density at radius 2 is 2.40 bits per heavy atom. The van der Waals surface area contributed by atoms with Gasteiger partial charge in [-0.15, -0.1) is 11.3 Å². The van der Waals surface area contributed by atoms with E-state index in [1.165, 1.54) is 22.1 Å². The smallest absolute Gasteiger partial charge is 0.358 e. The van der Waals surface area contributed by atoms with Crippen LogP contribution in [-0.2, 0) is 11.3 Å². The summed E-state index contributed by atoms with van der Waals surface area (Å²) in [6.07, 6.45) is 1.60. The summed E-state index contributed by atoms with van der Waals surface area (Å²) in [5, 5.41) is 19.5. The first-order chi connectivity index (χ1) is 9.47. The van der Waals surface area contributed by atoms with Gasteiger partial charge in [0.05, 0.1) is 29.3 Å². The van der Waals surface area contributed by atoms with Crippen LogP contribution in [0.25, 0.3) is 0 Å². The number of thiazole rings is 1. The molecule has 1 amide bonds. The third-order valence-corrected chi connectivity index (χ3v) is 3.40. The van der Waals surface area contributed by atoms with Crippen LogP contribution in [0.1, 0.15) is 12.6 Å². The molecule has 0 radical (unpaired) electrons. The van der Waals surface area contributed by atoms with Crippen molar-refractivity contribution < 1.29 is 9.72 Å². The van der Waals surface area contributed by atoms with Crippen molar-refractivity contribution in [1.82, 2.24) is 14.8 Å². The molecule has 0 aliphatic carbocycles. The largest absolute Gasteiger partial charge is 0.390 e. The summed E-state index contributed by atoms with van der Waals surface area (Å²) in [6.45, 7) is 3.72. The molecule has 0 saturated carbocycles. The van der Waals surface area contributed by atoms with E-state index in [4.69, 9.17) is 0 Å². The Balaban J connectivity index is 2.02. The van der Waals surface area contributed by atoms with Gasteiger partial charge in [0.1, 0.15) is 0 Å². The number of nitrogens with zero attached hydrogens (tertiary/aromatic N) is 4. The van der Waals surface area contributed by atoms with Crippen LogP contribution in [-0.4, -0.2) is 25.6 Å². The van der Waals surface area contributed by atoms with E-state index < -0.39 is 4.92 Å². The fourth-order valence-electron chi connectivity index (χ4n) is 1.62. The quantitative estimate of drug-likeness (QED) is 0.669. The van der Waals surface area contributed by atoms with Crippen LogP contribution in [0.4, 0.5) is 10.9 Å². The topological polar surface area (TPSA) is 103 Å². The average molecular weight is 295 g/mol. The molecule has 20 heavy (non-hydrogen) atoms. The molecule has 0 bridgehead atoms. The maximum absolute atomic E-state index is 11.9. The highest BCUT2D eigenvalue weighted by Gasteiger charge is 2.21. The zero-order chi connectivity index (χ0) is 14.7. The van der Waals surface area contributed by atoms with Crippen molar-refractivity contribution in [1.29, 1.82) is 0 Å². The molecule has 0 saturated heterocycles. The van der Waals surface area contributed by atoms with Crippen molar-refractivity contribution in [3.8, 4) is 0 Å². The fourth-order valence-corrected chi connectivity index (χ4v) is 2.15. The lowest BCUT2D eigenvalue weighted by atomic mass is 10.1. The van der Waals surface area contributed by atoms with E-state index in [-0.39, 0.29) is 24.2 Å². The number of carbonyl (C=O) groups is 1. The maximum Gasteiger partial charge on any atom is 0.390 e. The minimum absolute atomic E-state index is 0.197. The number of anilines is 1. The van der Waals surface area contributed by atoms with Gasteiger partial charge in [-0.2, -0.15) is 4.68 Å². The first-order valence-corrected chi connectivity index (χ1v) is 6.74. The molecule has 0 fully saturated rings. The summed E-state index contributed by atoms with van der Waals surface area (Å²) >= 11 is 1.33. The number of aryl methyl sites for hydroxylation is 1. The second-order valence-corrected chi connectivity index (χ2v) is 5.21. The first kappa shape index (κ1) is 14.1. The van der Waals surface area contributed by atoms with Crippen LogP contribution < -0.4 is 5.32 Å². The third-order valence-electron chi connectivity index (χ3n) is 2.71. The number of amides is 1. The molecule has 1 atom stereocenters. The highest BCUT2D eigenvalue weighted by Crippen LogP contribution is 2.15. The molecule has 106 valence electrons. The molecule has 0 spiro atoms. The SMILES string of the molecule is Cc1cc([N+](=O)[O-])nn1C[C@H](C)C(=O)Nc1nccs1. The Kier molecular flexibility index (Phi) is 4.08. The molecule has 2 aromatic heterocycles. The Morgan fingerprint density at radius 3 is 2.95 bits per heavy atom. The highest BCUT2D eigenvalue weighted by atomic mass is 32.1. The molecule has 2 rings (SSSR count). The monoisotopic (exact) mass is 295 g/mol. The molecule has 2 heterocycles. The standard InChI is InChI=1S/C11H13N5O3S/c1-7(10(17)13-11-12-3-4-20-11)6-15-8(2)5-9(14-15)16(18)19/h3-5,7H,6H2,1-2H3,(H,12,13,17)/t7-/m0/s1. The Hall–Kier alpha value is -2.29. The van der Waals surface area contributed by atoms with Gasteiger partial charge in [-0.05, 0) is 11.8 Å². The van der Waals surface area contributed by atoms with Crippen molar-refractivity contribution in [2.24, 2.45) is 5.92 Å². The maximum atomic E-state index is 11.9. The number of hydrogen-bond donors (Lipinski definition) is 1. The number of rotatable bonds is 5. The second kappa shape index (κ2) is 5.78. The predicted octanol–water partition coefficient (Wildman–Crippen LogP) is 1.83. The lowest BCUT2D eigenvalue weighted by Crippen LogP contribution is -2.25. The summed E-state index contributed by atoms with van der Waals surface area (Å²) in [6, 6.07) is 1.38. The lowest BCUT2D eigenvalue weighted by molar-refractivity contribution is -0.389. The number of hydrogen-bond acceptors (Lipinski definition) is 6. The summed E-state index contributed by atoms with van der Waals surface area (Å²) < 4.78 is 1.46. The van der Waals surface area contributed by atoms with Gasteiger partial charge in [-0.25, -0.2) is 4.98 Å². The van der Waals surface area contributed by atoms with Gasteiger partial charge in [-0.3, -0.25) is 4.79 Å². The second-order valence-electron chi connectivity index (χ2n) is 4.31. The summed E-state index contributed by atoms with van der Waals surface area (Å²) in [7, 11) is 0. The van der Waals surface area contributed by atoms with Gasteiger partial charge in [0, 0.05) is 11.6 Å². The molecular weight excluding hydrogens is 282 g/mol. The minimum Gasteiger partial charge on any atom is -0.358 e. The van der Waals surface area contributed by atoms with E-state index in [0.717, 1.165) is 0 Å². The number of nitro groups is 1. The van der Waals surface area contributed by atoms with Crippen molar-refractivity contribution in [2.75, 3.05) is 5.32 Å². The van der Waals surface area contributed by atoms with Crippen LogP contribution >= 0.6 is 11.3 Å². The predicted molar refractivity (Wildman–Crippen MR) is 73.5 cm³/mol. The van der Waals surface area contributed by atoms with Gasteiger partial charge in [0.25, 0.3) is 0 Å². The zero-order valence-corrected chi connectivity index (χ0v) is 11.8. The van der Waals surface area contributed by atoms with Gasteiger partial charge in [0.2, 0.25) is 5.91 Å². The fraction of sp³-hybridized carbons (Fsp3) is 0.364. The molecule has 8 nitrogen and oxygen atoms in total. The van der Waals surface area contributed by atoms with E-state index in [1.54, 1.807) is 25.4 Å². The van der Waals surface area contributed by atoms with E-state index >= 15 is 0 Å². The Labute approximate surface area is 118 Å². The molecule has 9 heteroatoms. The van der Waals surface area contributed by atoms with E-state index in [9.17, 15) is 14.9 Å². The lowest BCUT2D eigenvalue weighted by Gasteiger charge is -2.09. The number of carbonyl (C=O) groups excluding carboxylic acids is 1. The zero-order valence-electron chi connectivity index (χ0n) is 10.9. The Morgan fingerprint density at radius 1 is 1.65 bits per heavy atom. The van der Waals surface area contributed by atoms with E-state index in [2.05, 4.69) is 15.4 Å². The molecule has 0 unspecified atom stereocenters. The molecule has 0 aliphatic rings. The van der Waals surface area contributed by atoms with Crippen LogP contribution in [0.15, 0.2) is 17.6 Å². The van der Waals surface area contributed by atoms with Crippen molar-refractivity contribution in [3.05, 3.63) is 33.5 Å². The summed E-state index contributed by atoms with van der Waals surface area (Å²) in [4.78, 5) is 26.0. The van der Waals surface area contributed by atoms with Crippen molar-refractivity contribution >= 4 is 28.2 Å². The molecule has 1 N–H and O–H groups in total. The van der Waals surface area contributed by atoms with Gasteiger partial charge in [0.15, 0.2) is 5.13 Å². The van der Waals surface area contributed by atoms with Crippen molar-refractivity contribution in [3.63, 3.8) is 0 Å². The minimum atomic E-state index is -0.552. The summed E-state index contributed by atoms with van der Waals surface area (Å²) in [5.41, 5.74) is 0.644. The molecule has 0 aromatic carbocycles. The van der Waals surface area contributed by atoms with Crippen LogP contribution in [0.3, 0.4) is 0 Å². The summed E-state index contributed by atoms with van der Waals surface area (Å²) in [5.74, 6) is -0.787. The molecule has 0 aliphatic heterocycles. The van der Waals surface area contributed by atoms with E-state index in [0.29, 0.717) is 10.8 Å².